The summed E-state index contributed by atoms with van der Waals surface area (Å²) in [5, 5.41) is 6.23. The summed E-state index contributed by atoms with van der Waals surface area (Å²) in [4.78, 5) is 12.7. The Morgan fingerprint density at radius 3 is 2.68 bits per heavy atom. The van der Waals surface area contributed by atoms with Crippen molar-refractivity contribution >= 4 is 34.2 Å². The van der Waals surface area contributed by atoms with Gasteiger partial charge < -0.3 is 15.4 Å². The lowest BCUT2D eigenvalue weighted by Gasteiger charge is -2.22. The first kappa shape index (κ1) is 19.7. The molecule has 1 amide bonds. The maximum atomic E-state index is 13.3. The Morgan fingerprint density at radius 1 is 1.28 bits per heavy atom. The van der Waals surface area contributed by atoms with Gasteiger partial charge in [-0.15, -0.1) is 12.4 Å². The van der Waals surface area contributed by atoms with Crippen molar-refractivity contribution in [1.29, 1.82) is 0 Å². The zero-order chi connectivity index (χ0) is 16.9. The Kier molecular flexibility index (Phi) is 7.23. The maximum absolute atomic E-state index is 13.3. The average Bonchev–Trinajstić information content (AvgIpc) is 3.08. The van der Waals surface area contributed by atoms with E-state index in [2.05, 4.69) is 26.6 Å². The van der Waals surface area contributed by atoms with Crippen LogP contribution in [0.2, 0.25) is 0 Å². The molecular weight excluding hydrogens is 411 g/mol. The molecule has 2 atom stereocenters. The lowest BCUT2D eigenvalue weighted by molar-refractivity contribution is -0.128. The van der Waals surface area contributed by atoms with Crippen molar-refractivity contribution in [3.63, 3.8) is 0 Å². The normalized spacial score (nSPS) is 17.4. The van der Waals surface area contributed by atoms with Crippen LogP contribution in [0.1, 0.15) is 18.1 Å². The SMILES string of the molecule is Cl.O=C(NC1CCNC1)C(Oc1ccc(F)cc1Br)c1ccccc1. The third-order valence-corrected chi connectivity index (χ3v) is 4.51. The average molecular weight is 430 g/mol. The third kappa shape index (κ3) is 5.17. The number of ether oxygens (including phenoxy) is 1. The van der Waals surface area contributed by atoms with Gasteiger partial charge in [-0.05, 0) is 47.1 Å². The fraction of sp³-hybridized carbons (Fsp3) is 0.278. The second-order valence-electron chi connectivity index (χ2n) is 5.68. The van der Waals surface area contributed by atoms with E-state index in [9.17, 15) is 9.18 Å². The molecule has 1 saturated heterocycles. The van der Waals surface area contributed by atoms with Gasteiger partial charge in [-0.3, -0.25) is 4.79 Å². The molecule has 1 fully saturated rings. The molecule has 2 aromatic carbocycles. The highest BCUT2D eigenvalue weighted by Crippen LogP contribution is 2.30. The van der Waals surface area contributed by atoms with Gasteiger partial charge in [0.25, 0.3) is 5.91 Å². The molecular formula is C18H19BrClFN2O2. The van der Waals surface area contributed by atoms with Crippen LogP contribution in [-0.4, -0.2) is 25.0 Å². The van der Waals surface area contributed by atoms with Crippen molar-refractivity contribution < 1.29 is 13.9 Å². The summed E-state index contributed by atoms with van der Waals surface area (Å²) in [6.07, 6.45) is 0.0987. The van der Waals surface area contributed by atoms with Crippen molar-refractivity contribution in [2.45, 2.75) is 18.6 Å². The molecule has 0 aromatic heterocycles. The molecule has 0 saturated carbocycles. The van der Waals surface area contributed by atoms with E-state index in [0.717, 1.165) is 25.1 Å². The van der Waals surface area contributed by atoms with E-state index in [-0.39, 0.29) is 30.2 Å². The van der Waals surface area contributed by atoms with Gasteiger partial charge in [-0.2, -0.15) is 0 Å². The highest BCUT2D eigenvalue weighted by molar-refractivity contribution is 9.10. The minimum Gasteiger partial charge on any atom is -0.475 e. The molecule has 2 N–H and O–H groups in total. The number of nitrogens with one attached hydrogen (secondary N) is 2. The van der Waals surface area contributed by atoms with Gasteiger partial charge in [0.15, 0.2) is 0 Å². The Labute approximate surface area is 160 Å². The molecule has 25 heavy (non-hydrogen) atoms. The predicted octanol–water partition coefficient (Wildman–Crippen LogP) is 3.61. The quantitative estimate of drug-likeness (QED) is 0.763. The van der Waals surface area contributed by atoms with Gasteiger partial charge in [-0.1, -0.05) is 30.3 Å². The number of hydrogen-bond acceptors (Lipinski definition) is 3. The number of benzene rings is 2. The van der Waals surface area contributed by atoms with Crippen molar-refractivity contribution in [3.05, 3.63) is 64.4 Å². The first-order chi connectivity index (χ1) is 11.6. The van der Waals surface area contributed by atoms with Gasteiger partial charge in [0.1, 0.15) is 11.6 Å². The van der Waals surface area contributed by atoms with Gasteiger partial charge in [0, 0.05) is 18.2 Å². The molecule has 0 bridgehead atoms. The predicted molar refractivity (Wildman–Crippen MR) is 101 cm³/mol. The van der Waals surface area contributed by atoms with Gasteiger partial charge in [0.05, 0.1) is 4.47 Å². The van der Waals surface area contributed by atoms with Crippen LogP contribution in [0, 0.1) is 5.82 Å². The van der Waals surface area contributed by atoms with E-state index in [0.29, 0.717) is 10.2 Å². The Bertz CT molecular complexity index is 711. The second kappa shape index (κ2) is 9.17. The van der Waals surface area contributed by atoms with E-state index in [4.69, 9.17) is 4.74 Å². The zero-order valence-electron chi connectivity index (χ0n) is 13.4. The summed E-state index contributed by atoms with van der Waals surface area (Å²) in [5.74, 6) is -0.150. The summed E-state index contributed by atoms with van der Waals surface area (Å²) >= 11 is 3.28. The first-order valence-electron chi connectivity index (χ1n) is 7.81. The van der Waals surface area contributed by atoms with Crippen LogP contribution in [-0.2, 0) is 4.79 Å². The topological polar surface area (TPSA) is 50.4 Å². The van der Waals surface area contributed by atoms with Crippen LogP contribution in [0.4, 0.5) is 4.39 Å². The van der Waals surface area contributed by atoms with E-state index >= 15 is 0 Å². The molecule has 1 aliphatic heterocycles. The standard InChI is InChI=1S/C18H18BrFN2O2.ClH/c19-15-10-13(20)6-7-16(15)24-17(12-4-2-1-3-5-12)18(23)22-14-8-9-21-11-14;/h1-7,10,14,17,21H,8-9,11H2,(H,22,23);1H. The van der Waals surface area contributed by atoms with E-state index in [1.54, 1.807) is 0 Å². The van der Waals surface area contributed by atoms with E-state index in [1.165, 1.54) is 18.2 Å². The smallest absolute Gasteiger partial charge is 0.266 e. The number of rotatable bonds is 5. The van der Waals surface area contributed by atoms with Crippen molar-refractivity contribution in [2.75, 3.05) is 13.1 Å². The summed E-state index contributed by atoms with van der Waals surface area (Å²) < 4.78 is 19.6. The number of carbonyl (C=O) groups excluding carboxylic acids is 1. The number of halogens is 3. The second-order valence-corrected chi connectivity index (χ2v) is 6.54. The summed E-state index contributed by atoms with van der Waals surface area (Å²) in [7, 11) is 0. The summed E-state index contributed by atoms with van der Waals surface area (Å²) in [6, 6.07) is 13.5. The van der Waals surface area contributed by atoms with Crippen molar-refractivity contribution in [1.82, 2.24) is 10.6 Å². The molecule has 1 heterocycles. The van der Waals surface area contributed by atoms with Crippen LogP contribution in [0.3, 0.4) is 0 Å². The molecule has 1 aliphatic rings. The van der Waals surface area contributed by atoms with E-state index < -0.39 is 6.10 Å². The van der Waals surface area contributed by atoms with Gasteiger partial charge in [0.2, 0.25) is 6.10 Å². The Balaban J connectivity index is 0.00000225. The molecule has 4 nitrogen and oxygen atoms in total. The van der Waals surface area contributed by atoms with Gasteiger partial charge >= 0.3 is 0 Å². The highest BCUT2D eigenvalue weighted by Gasteiger charge is 2.27. The lowest BCUT2D eigenvalue weighted by atomic mass is 10.1. The number of hydrogen-bond donors (Lipinski definition) is 2. The van der Waals surface area contributed by atoms with Crippen LogP contribution in [0.15, 0.2) is 53.0 Å². The van der Waals surface area contributed by atoms with E-state index in [1.807, 2.05) is 30.3 Å². The minimum atomic E-state index is -0.798. The highest BCUT2D eigenvalue weighted by atomic mass is 79.9. The first-order valence-corrected chi connectivity index (χ1v) is 8.60. The monoisotopic (exact) mass is 428 g/mol. The number of amides is 1. The lowest BCUT2D eigenvalue weighted by Crippen LogP contribution is -2.40. The van der Waals surface area contributed by atoms with Crippen molar-refractivity contribution in [2.24, 2.45) is 0 Å². The van der Waals surface area contributed by atoms with Crippen LogP contribution in [0.5, 0.6) is 5.75 Å². The summed E-state index contributed by atoms with van der Waals surface area (Å²) in [5.41, 5.74) is 0.747. The molecule has 3 rings (SSSR count). The van der Waals surface area contributed by atoms with Crippen molar-refractivity contribution in [3.8, 4) is 5.75 Å². The largest absolute Gasteiger partial charge is 0.475 e. The Hall–Kier alpha value is -1.63. The molecule has 2 unspecified atom stereocenters. The fourth-order valence-electron chi connectivity index (χ4n) is 2.65. The van der Waals surface area contributed by atoms with Crippen LogP contribution >= 0.6 is 28.3 Å². The van der Waals surface area contributed by atoms with Crippen LogP contribution < -0.4 is 15.4 Å². The fourth-order valence-corrected chi connectivity index (χ4v) is 3.10. The third-order valence-electron chi connectivity index (χ3n) is 3.89. The molecule has 0 aliphatic carbocycles. The molecule has 134 valence electrons. The zero-order valence-corrected chi connectivity index (χ0v) is 15.8. The van der Waals surface area contributed by atoms with Crippen LogP contribution in [0.25, 0.3) is 0 Å². The molecule has 0 spiro atoms. The molecule has 7 heteroatoms. The maximum Gasteiger partial charge on any atom is 0.266 e. The molecule has 2 aromatic rings. The number of carbonyl (C=O) groups is 1. The van der Waals surface area contributed by atoms with Gasteiger partial charge in [-0.25, -0.2) is 4.39 Å². The summed E-state index contributed by atoms with van der Waals surface area (Å²) in [6.45, 7) is 1.65. The minimum absolute atomic E-state index is 0. The Morgan fingerprint density at radius 2 is 2.04 bits per heavy atom. The molecule has 0 radical (unpaired) electrons.